The van der Waals surface area contributed by atoms with E-state index < -0.39 is 48.4 Å². The normalized spacial score (nSPS) is 21.8. The van der Waals surface area contributed by atoms with Crippen molar-refractivity contribution in [1.29, 1.82) is 0 Å². The molecular formula is C28H24F3NO6. The van der Waals surface area contributed by atoms with Gasteiger partial charge in [0.2, 0.25) is 12.4 Å². The van der Waals surface area contributed by atoms with Crippen molar-refractivity contribution in [2.24, 2.45) is 10.9 Å². The summed E-state index contributed by atoms with van der Waals surface area (Å²) in [5, 5.41) is 0. The predicted molar refractivity (Wildman–Crippen MR) is 131 cm³/mol. The lowest BCUT2D eigenvalue weighted by molar-refractivity contribution is -0.237. The van der Waals surface area contributed by atoms with Crippen LogP contribution in [0.4, 0.5) is 18.9 Å². The van der Waals surface area contributed by atoms with Gasteiger partial charge < -0.3 is 18.9 Å². The van der Waals surface area contributed by atoms with E-state index in [-0.39, 0.29) is 23.4 Å². The lowest BCUT2D eigenvalue weighted by Crippen LogP contribution is -2.55. The summed E-state index contributed by atoms with van der Waals surface area (Å²) < 4.78 is 63.7. The molecule has 0 N–H and O–H groups in total. The molecular weight excluding hydrogens is 503 g/mol. The van der Waals surface area contributed by atoms with Crippen LogP contribution >= 0.6 is 0 Å². The maximum absolute atomic E-state index is 13.9. The van der Waals surface area contributed by atoms with Gasteiger partial charge in [-0.05, 0) is 36.4 Å². The molecule has 0 bridgehead atoms. The van der Waals surface area contributed by atoms with E-state index in [1.807, 2.05) is 0 Å². The highest BCUT2D eigenvalue weighted by atomic mass is 19.4. The summed E-state index contributed by atoms with van der Waals surface area (Å²) in [5.41, 5.74) is 0.360. The summed E-state index contributed by atoms with van der Waals surface area (Å²) >= 11 is 0. The zero-order chi connectivity index (χ0) is 27.1. The van der Waals surface area contributed by atoms with E-state index in [0.717, 1.165) is 0 Å². The summed E-state index contributed by atoms with van der Waals surface area (Å²) in [6, 6.07) is 23.3. The first-order valence-electron chi connectivity index (χ1n) is 11.7. The first-order valence-corrected chi connectivity index (χ1v) is 11.7. The third kappa shape index (κ3) is 6.77. The smallest absolute Gasteiger partial charge is 0.454 e. The van der Waals surface area contributed by atoms with Gasteiger partial charge >= 0.3 is 18.1 Å². The molecule has 0 amide bonds. The van der Waals surface area contributed by atoms with E-state index in [4.69, 9.17) is 18.9 Å². The van der Waals surface area contributed by atoms with Gasteiger partial charge in [-0.1, -0.05) is 61.5 Å². The van der Waals surface area contributed by atoms with Gasteiger partial charge in [-0.3, -0.25) is 0 Å². The highest BCUT2D eigenvalue weighted by molar-refractivity contribution is 5.90. The fourth-order valence-corrected chi connectivity index (χ4v) is 3.74. The standard InChI is InChI=1S/C28H24F3NO6/c1-18-17-35-26(38-27(28(29,30)31)32-21-15-9-4-10-16-21)23(37-25(34)20-13-7-3-8-14-20)22(18)36-24(33)19-11-5-2-6-12-19/h2-16,18,22-23,26H,17H2,1H3/t18-,22+,23-,26?/m1/s1. The van der Waals surface area contributed by atoms with Crippen LogP contribution in [-0.4, -0.2) is 49.1 Å². The Labute approximate surface area is 216 Å². The van der Waals surface area contributed by atoms with Crippen LogP contribution in [0.3, 0.4) is 0 Å². The van der Waals surface area contributed by atoms with Crippen LogP contribution in [0.5, 0.6) is 0 Å². The van der Waals surface area contributed by atoms with Crippen molar-refractivity contribution in [3.63, 3.8) is 0 Å². The zero-order valence-electron chi connectivity index (χ0n) is 20.2. The quantitative estimate of drug-likeness (QED) is 0.231. The van der Waals surface area contributed by atoms with E-state index in [2.05, 4.69) is 4.99 Å². The lowest BCUT2D eigenvalue weighted by atomic mass is 9.96. The third-order valence-corrected chi connectivity index (χ3v) is 5.64. The fourth-order valence-electron chi connectivity index (χ4n) is 3.74. The number of halogens is 3. The minimum Gasteiger partial charge on any atom is -0.454 e. The van der Waals surface area contributed by atoms with Gasteiger partial charge in [0.15, 0.2) is 0 Å². The number of ether oxygens (including phenoxy) is 4. The molecule has 10 heteroatoms. The van der Waals surface area contributed by atoms with Gasteiger partial charge in [0.25, 0.3) is 5.90 Å². The predicted octanol–water partition coefficient (Wildman–Crippen LogP) is 5.74. The number of carbonyl (C=O) groups excluding carboxylic acids is 2. The lowest BCUT2D eigenvalue weighted by Gasteiger charge is -2.40. The zero-order valence-corrected chi connectivity index (χ0v) is 20.2. The van der Waals surface area contributed by atoms with Crippen molar-refractivity contribution in [2.75, 3.05) is 6.61 Å². The van der Waals surface area contributed by atoms with Gasteiger partial charge in [0, 0.05) is 5.92 Å². The van der Waals surface area contributed by atoms with Crippen molar-refractivity contribution in [3.05, 3.63) is 102 Å². The first-order chi connectivity index (χ1) is 18.2. The van der Waals surface area contributed by atoms with Crippen LogP contribution in [-0.2, 0) is 18.9 Å². The monoisotopic (exact) mass is 527 g/mol. The molecule has 0 radical (unpaired) electrons. The number of hydrogen-bond donors (Lipinski definition) is 0. The van der Waals surface area contributed by atoms with Crippen molar-refractivity contribution < 1.29 is 41.7 Å². The SMILES string of the molecule is C[C@@H]1COC(OC(=Nc2ccccc2)C(F)(F)F)[C@H](OC(=O)c2ccccc2)[C@H]1OC(=O)c1ccccc1. The molecule has 198 valence electrons. The number of alkyl halides is 3. The number of nitrogens with zero attached hydrogens (tertiary/aromatic N) is 1. The molecule has 4 atom stereocenters. The topological polar surface area (TPSA) is 83.4 Å². The Morgan fingerprint density at radius 3 is 1.74 bits per heavy atom. The molecule has 1 heterocycles. The molecule has 3 aromatic carbocycles. The molecule has 0 aliphatic carbocycles. The van der Waals surface area contributed by atoms with Gasteiger partial charge in [0.1, 0.15) is 6.10 Å². The summed E-state index contributed by atoms with van der Waals surface area (Å²) in [7, 11) is 0. The largest absolute Gasteiger partial charge is 0.468 e. The maximum atomic E-state index is 13.9. The molecule has 1 fully saturated rings. The number of carbonyl (C=O) groups is 2. The molecule has 1 aliphatic heterocycles. The Morgan fingerprint density at radius 1 is 0.763 bits per heavy atom. The molecule has 1 aliphatic rings. The van der Waals surface area contributed by atoms with Crippen LogP contribution in [0.25, 0.3) is 0 Å². The molecule has 38 heavy (non-hydrogen) atoms. The number of aliphatic imine (C=N–C) groups is 1. The molecule has 4 rings (SSSR count). The Kier molecular flexibility index (Phi) is 8.42. The van der Waals surface area contributed by atoms with Gasteiger partial charge in [-0.25, -0.2) is 14.6 Å². The Morgan fingerprint density at radius 2 is 1.24 bits per heavy atom. The van der Waals surface area contributed by atoms with E-state index in [1.54, 1.807) is 49.4 Å². The van der Waals surface area contributed by atoms with Crippen LogP contribution in [0, 0.1) is 5.92 Å². The minimum absolute atomic E-state index is 0.00566. The van der Waals surface area contributed by atoms with Gasteiger partial charge in [-0.15, -0.1) is 0 Å². The first kappa shape index (κ1) is 26.9. The third-order valence-electron chi connectivity index (χ3n) is 5.64. The number of para-hydroxylation sites is 1. The average Bonchev–Trinajstić information content (AvgIpc) is 2.92. The van der Waals surface area contributed by atoms with Crippen molar-refractivity contribution in [3.8, 4) is 0 Å². The highest BCUT2D eigenvalue weighted by Gasteiger charge is 2.49. The fraction of sp³-hybridized carbons (Fsp3) is 0.250. The van der Waals surface area contributed by atoms with Crippen LogP contribution in [0.15, 0.2) is 96.0 Å². The molecule has 7 nitrogen and oxygen atoms in total. The summed E-state index contributed by atoms with van der Waals surface area (Å²) in [6.07, 6.45) is -9.48. The average molecular weight is 527 g/mol. The van der Waals surface area contributed by atoms with Gasteiger partial charge in [-0.2, -0.15) is 13.2 Å². The van der Waals surface area contributed by atoms with Crippen LogP contribution < -0.4 is 0 Å². The summed E-state index contributed by atoms with van der Waals surface area (Å²) in [5.74, 6) is -3.73. The second-order valence-electron chi connectivity index (χ2n) is 8.52. The molecule has 0 spiro atoms. The second-order valence-corrected chi connectivity index (χ2v) is 8.52. The Hall–Kier alpha value is -4.18. The molecule has 0 saturated carbocycles. The van der Waals surface area contributed by atoms with Crippen molar-refractivity contribution in [2.45, 2.75) is 31.6 Å². The van der Waals surface area contributed by atoms with E-state index in [0.29, 0.717) is 0 Å². The number of hydrogen-bond acceptors (Lipinski definition) is 7. The minimum atomic E-state index is -4.99. The van der Waals surface area contributed by atoms with E-state index in [9.17, 15) is 22.8 Å². The summed E-state index contributed by atoms with van der Waals surface area (Å²) in [6.45, 7) is 1.53. The number of rotatable bonds is 6. The summed E-state index contributed by atoms with van der Waals surface area (Å²) in [4.78, 5) is 29.3. The van der Waals surface area contributed by atoms with Crippen LogP contribution in [0.2, 0.25) is 0 Å². The van der Waals surface area contributed by atoms with Crippen LogP contribution in [0.1, 0.15) is 27.6 Å². The highest BCUT2D eigenvalue weighted by Crippen LogP contribution is 2.31. The van der Waals surface area contributed by atoms with E-state index >= 15 is 0 Å². The maximum Gasteiger partial charge on any atom is 0.468 e. The molecule has 1 saturated heterocycles. The molecule has 3 aromatic rings. The molecule has 0 aromatic heterocycles. The second kappa shape index (κ2) is 11.9. The number of benzene rings is 3. The van der Waals surface area contributed by atoms with E-state index in [1.165, 1.54) is 48.5 Å². The Balaban J connectivity index is 1.66. The molecule has 1 unspecified atom stereocenters. The number of esters is 2. The Bertz CT molecular complexity index is 1250. The van der Waals surface area contributed by atoms with Crippen molar-refractivity contribution >= 4 is 23.5 Å². The van der Waals surface area contributed by atoms with Crippen molar-refractivity contribution in [1.82, 2.24) is 0 Å². The van der Waals surface area contributed by atoms with Gasteiger partial charge in [0.05, 0.1) is 23.4 Å².